The molecule has 0 spiro atoms. The third kappa shape index (κ3) is 8.42. The lowest BCUT2D eigenvalue weighted by Crippen LogP contribution is -2.32. The largest absolute Gasteiger partial charge is 0.466 e. The number of hydrogen-bond acceptors (Lipinski definition) is 9. The highest BCUT2D eigenvalue weighted by atomic mass is 35.5. The minimum absolute atomic E-state index is 0. The lowest BCUT2D eigenvalue weighted by Gasteiger charge is -2.30. The van der Waals surface area contributed by atoms with Crippen molar-refractivity contribution < 1.29 is 29.1 Å². The smallest absolute Gasteiger partial charge is 0.336 e. The van der Waals surface area contributed by atoms with Crippen LogP contribution in [0.3, 0.4) is 0 Å². The van der Waals surface area contributed by atoms with E-state index in [1.807, 2.05) is 30.3 Å². The minimum atomic E-state index is -0.868. The number of dihydropyridines is 1. The second-order valence-electron chi connectivity index (χ2n) is 7.86. The van der Waals surface area contributed by atoms with Crippen molar-refractivity contribution in [1.29, 1.82) is 0 Å². The number of hydrogen-bond donors (Lipinski definition) is 3. The van der Waals surface area contributed by atoms with Crippen LogP contribution in [0.15, 0.2) is 77.1 Å². The molecule has 0 amide bonds. The predicted octanol–water partition coefficient (Wildman–Crippen LogP) is 3.15. The van der Waals surface area contributed by atoms with Gasteiger partial charge < -0.3 is 25.6 Å². The van der Waals surface area contributed by atoms with E-state index in [4.69, 9.17) is 20.3 Å². The van der Waals surface area contributed by atoms with Crippen molar-refractivity contribution in [2.45, 2.75) is 26.2 Å². The summed E-state index contributed by atoms with van der Waals surface area (Å²) in [6.45, 7) is 4.02. The van der Waals surface area contributed by atoms with E-state index in [-0.39, 0.29) is 42.5 Å². The van der Waals surface area contributed by atoms with Crippen molar-refractivity contribution in [3.63, 3.8) is 0 Å². The highest BCUT2D eigenvalue weighted by Gasteiger charge is 2.38. The molecule has 1 aliphatic heterocycles. The molecule has 3 rings (SSSR count). The Labute approximate surface area is 221 Å². The summed E-state index contributed by atoms with van der Waals surface area (Å²) in [5, 5.41) is 22.1. The number of nitrogens with one attached hydrogen (secondary N) is 1. The number of carbonyl (C=O) groups excluding carboxylic acids is 2. The Kier molecular flexibility index (Phi) is 13.0. The molecule has 0 radical (unpaired) electrons. The Balaban J connectivity index is 0.00000127. The summed E-state index contributed by atoms with van der Waals surface area (Å²) in [5.74, 6) is -2.10. The fourth-order valence-corrected chi connectivity index (χ4v) is 3.78. The molecule has 200 valence electrons. The number of nitro groups is 1. The van der Waals surface area contributed by atoms with Crippen LogP contribution in [0.2, 0.25) is 0 Å². The average Bonchev–Trinajstić information content (AvgIpc) is 2.88. The second kappa shape index (κ2) is 15.4. The molecule has 1 unspecified atom stereocenters. The number of aliphatic hydroxyl groups is 1. The highest BCUT2D eigenvalue weighted by molar-refractivity contribution is 5.99. The van der Waals surface area contributed by atoms with Gasteiger partial charge in [0.2, 0.25) is 0 Å². The van der Waals surface area contributed by atoms with Gasteiger partial charge >= 0.3 is 11.9 Å². The number of non-ortho nitro benzene ring substituents is 1. The first-order valence-corrected chi connectivity index (χ1v) is 11.3. The Hall–Kier alpha value is -3.73. The van der Waals surface area contributed by atoms with Gasteiger partial charge in [-0.3, -0.25) is 10.1 Å². The summed E-state index contributed by atoms with van der Waals surface area (Å²) < 4.78 is 10.5. The zero-order valence-electron chi connectivity index (χ0n) is 20.9. The van der Waals surface area contributed by atoms with Gasteiger partial charge in [-0.25, -0.2) is 9.59 Å². The first-order chi connectivity index (χ1) is 17.2. The van der Waals surface area contributed by atoms with E-state index in [2.05, 4.69) is 5.32 Å². The molecule has 11 heteroatoms. The molecule has 4 N–H and O–H groups in total. The average molecular weight is 534 g/mol. The van der Waals surface area contributed by atoms with Crippen LogP contribution in [0.5, 0.6) is 0 Å². The first kappa shape index (κ1) is 31.3. The lowest BCUT2D eigenvalue weighted by atomic mass is 9.80. The van der Waals surface area contributed by atoms with Crippen LogP contribution in [0.4, 0.5) is 5.69 Å². The summed E-state index contributed by atoms with van der Waals surface area (Å²) in [6.07, 6.45) is 0.534. The van der Waals surface area contributed by atoms with Crippen molar-refractivity contribution in [2.75, 3.05) is 26.9 Å². The quantitative estimate of drug-likeness (QED) is 0.263. The van der Waals surface area contributed by atoms with Crippen LogP contribution in [0, 0.1) is 10.1 Å². The molecule has 0 aliphatic carbocycles. The minimum Gasteiger partial charge on any atom is -0.466 e. The SMILES string of the molecule is COC(=O)C1=C(C)NC(C)=C(C(=O)OCCc2ccccc2)C1c1cccc([N+](=O)[O-])c1.Cl.NCCO. The number of allylic oxidation sites excluding steroid dienone is 2. The van der Waals surface area contributed by atoms with E-state index < -0.39 is 22.8 Å². The molecule has 2 aromatic rings. The predicted molar refractivity (Wildman–Crippen MR) is 141 cm³/mol. The summed E-state index contributed by atoms with van der Waals surface area (Å²) >= 11 is 0. The molecular weight excluding hydrogens is 502 g/mol. The molecule has 2 aromatic carbocycles. The topological polar surface area (TPSA) is 154 Å². The molecular formula is C26H32ClN3O7. The van der Waals surface area contributed by atoms with Crippen LogP contribution in [-0.2, 0) is 25.5 Å². The molecule has 1 heterocycles. The number of rotatable bonds is 8. The molecule has 10 nitrogen and oxygen atoms in total. The van der Waals surface area contributed by atoms with Crippen molar-refractivity contribution in [3.05, 3.63) is 98.4 Å². The second-order valence-corrected chi connectivity index (χ2v) is 7.86. The third-order valence-corrected chi connectivity index (χ3v) is 5.40. The van der Waals surface area contributed by atoms with Crippen LogP contribution >= 0.6 is 12.4 Å². The fraction of sp³-hybridized carbons (Fsp3) is 0.308. The first-order valence-electron chi connectivity index (χ1n) is 11.3. The number of aliphatic hydroxyl groups excluding tert-OH is 1. The van der Waals surface area contributed by atoms with Crippen molar-refractivity contribution in [3.8, 4) is 0 Å². The van der Waals surface area contributed by atoms with Gasteiger partial charge in [-0.1, -0.05) is 42.5 Å². The van der Waals surface area contributed by atoms with Crippen LogP contribution in [-0.4, -0.2) is 48.8 Å². The zero-order valence-corrected chi connectivity index (χ0v) is 21.7. The van der Waals surface area contributed by atoms with Gasteiger partial charge in [0, 0.05) is 36.5 Å². The maximum absolute atomic E-state index is 13.1. The maximum atomic E-state index is 13.1. The number of carbonyl (C=O) groups is 2. The summed E-state index contributed by atoms with van der Waals surface area (Å²) in [6, 6.07) is 15.5. The molecule has 0 saturated carbocycles. The van der Waals surface area contributed by atoms with Gasteiger partial charge in [-0.05, 0) is 25.0 Å². The fourth-order valence-electron chi connectivity index (χ4n) is 3.78. The number of benzene rings is 2. The molecule has 0 fully saturated rings. The highest BCUT2D eigenvalue weighted by Crippen LogP contribution is 2.40. The Bertz CT molecular complexity index is 1150. The standard InChI is InChI=1S/C24H24N2O6.C2H7NO.ClH/c1-15-20(23(27)31-3)22(18-10-7-11-19(14-18)26(29)30)21(16(2)25-15)24(28)32-13-12-17-8-5-4-6-9-17;3-1-2-4;/h4-11,14,22,25H,12-13H2,1-3H3;4H,1-3H2;1H. The zero-order chi connectivity index (χ0) is 26.7. The maximum Gasteiger partial charge on any atom is 0.336 e. The van der Waals surface area contributed by atoms with Gasteiger partial charge in [-0.2, -0.15) is 0 Å². The molecule has 1 atom stereocenters. The van der Waals surface area contributed by atoms with Crippen LogP contribution < -0.4 is 11.1 Å². The van der Waals surface area contributed by atoms with Gasteiger partial charge in [0.25, 0.3) is 5.69 Å². The van der Waals surface area contributed by atoms with E-state index in [9.17, 15) is 19.7 Å². The Morgan fingerprint density at radius 2 is 1.65 bits per heavy atom. The molecule has 37 heavy (non-hydrogen) atoms. The monoisotopic (exact) mass is 533 g/mol. The van der Waals surface area contributed by atoms with Gasteiger partial charge in [0.1, 0.15) is 0 Å². The Morgan fingerprint density at radius 3 is 2.19 bits per heavy atom. The lowest BCUT2D eigenvalue weighted by molar-refractivity contribution is -0.384. The van der Waals surface area contributed by atoms with E-state index in [1.54, 1.807) is 19.9 Å². The summed E-state index contributed by atoms with van der Waals surface area (Å²) in [7, 11) is 1.25. The van der Waals surface area contributed by atoms with Crippen molar-refractivity contribution in [1.82, 2.24) is 5.32 Å². The number of nitrogens with two attached hydrogens (primary N) is 1. The van der Waals surface area contributed by atoms with Crippen LogP contribution in [0.25, 0.3) is 0 Å². The number of methoxy groups -OCH3 is 1. The van der Waals surface area contributed by atoms with Gasteiger partial charge in [-0.15, -0.1) is 12.4 Å². The van der Waals surface area contributed by atoms with E-state index in [0.29, 0.717) is 29.9 Å². The van der Waals surface area contributed by atoms with Crippen LogP contribution in [0.1, 0.15) is 30.9 Å². The number of esters is 2. The number of ether oxygens (including phenoxy) is 2. The normalized spacial score (nSPS) is 14.5. The van der Waals surface area contributed by atoms with E-state index in [1.165, 1.54) is 25.3 Å². The summed E-state index contributed by atoms with van der Waals surface area (Å²) in [5.41, 5.74) is 7.52. The number of nitrogens with zero attached hydrogens (tertiary/aromatic N) is 1. The van der Waals surface area contributed by atoms with E-state index >= 15 is 0 Å². The molecule has 0 saturated heterocycles. The molecule has 0 aromatic heterocycles. The van der Waals surface area contributed by atoms with Gasteiger partial charge in [0.05, 0.1) is 42.3 Å². The molecule has 0 bridgehead atoms. The number of nitro benzene ring substituents is 1. The van der Waals surface area contributed by atoms with Crippen molar-refractivity contribution in [2.24, 2.45) is 5.73 Å². The van der Waals surface area contributed by atoms with Gasteiger partial charge in [0.15, 0.2) is 0 Å². The third-order valence-electron chi connectivity index (χ3n) is 5.40. The van der Waals surface area contributed by atoms with E-state index in [0.717, 1.165) is 5.56 Å². The summed E-state index contributed by atoms with van der Waals surface area (Å²) in [4.78, 5) is 36.6. The molecule has 1 aliphatic rings. The Morgan fingerprint density at radius 1 is 1.05 bits per heavy atom. The van der Waals surface area contributed by atoms with Crippen molar-refractivity contribution >= 4 is 30.0 Å². The number of halogens is 1.